The molecule has 14 heteroatoms. The molecule has 0 bridgehead atoms. The van der Waals surface area contributed by atoms with Gasteiger partial charge in [-0.2, -0.15) is 26.3 Å². The summed E-state index contributed by atoms with van der Waals surface area (Å²) in [6.45, 7) is -1.12. The number of nitrogens with zero attached hydrogens (tertiary/aromatic N) is 2. The zero-order chi connectivity index (χ0) is 22.6. The second kappa shape index (κ2) is 7.61. The molecular weight excluding hydrogens is 505 g/mol. The minimum Gasteiger partial charge on any atom is -0.477 e. The van der Waals surface area contributed by atoms with Gasteiger partial charge in [0.05, 0.1) is 15.1 Å². The molecule has 3 rings (SSSR count). The number of hydrogen-bond acceptors (Lipinski definition) is 4. The summed E-state index contributed by atoms with van der Waals surface area (Å²) in [6.07, 6.45) is -10.4. The summed E-state index contributed by atoms with van der Waals surface area (Å²) in [5, 5.41) is 8.00. The molecule has 0 saturated carbocycles. The lowest BCUT2D eigenvalue weighted by Crippen LogP contribution is -2.44. The summed E-state index contributed by atoms with van der Waals surface area (Å²) >= 11 is 17.7. The maximum Gasteiger partial charge on any atom is 0.435 e. The van der Waals surface area contributed by atoms with E-state index in [9.17, 15) is 31.1 Å². The second-order valence-electron chi connectivity index (χ2n) is 6.48. The highest BCUT2D eigenvalue weighted by Crippen LogP contribution is 2.51. The number of alkyl halides is 6. The number of carboxylic acids is 1. The first-order valence-electron chi connectivity index (χ1n) is 7.95. The van der Waals surface area contributed by atoms with Crippen LogP contribution in [0.25, 0.3) is 0 Å². The first-order chi connectivity index (χ1) is 13.7. The summed E-state index contributed by atoms with van der Waals surface area (Å²) in [5.41, 5.74) is -4.47. The number of anilines is 1. The fraction of sp³-hybridized carbons (Fsp3) is 0.375. The van der Waals surface area contributed by atoms with Crippen LogP contribution in [0.1, 0.15) is 27.3 Å². The Kier molecular flexibility index (Phi) is 5.90. The van der Waals surface area contributed by atoms with Gasteiger partial charge in [0.15, 0.2) is 10.8 Å². The third kappa shape index (κ3) is 3.92. The smallest absolute Gasteiger partial charge is 0.435 e. The molecular formula is C16H9Cl3F6N2O2S. The molecule has 1 aromatic heterocycles. The van der Waals surface area contributed by atoms with Crippen molar-refractivity contribution in [2.24, 2.45) is 0 Å². The highest BCUT2D eigenvalue weighted by Gasteiger charge is 2.60. The standard InChI is InChI=1S/C16H9Cl3F6N2O2S/c17-7-3-6(4-8(18)9(7)19)14(16(23,24)25)1-2-27(5-14)13-26-11(15(20,21)22)10(30-13)12(28)29/h3-4H,1-2,5H2,(H,28,29). The van der Waals surface area contributed by atoms with Crippen molar-refractivity contribution in [3.8, 4) is 0 Å². The number of hydrogen-bond donors (Lipinski definition) is 1. The fourth-order valence-corrected chi connectivity index (χ4v) is 4.76. The van der Waals surface area contributed by atoms with Gasteiger partial charge in [0.1, 0.15) is 10.3 Å². The summed E-state index contributed by atoms with van der Waals surface area (Å²) in [5.74, 6) is -1.87. The molecule has 2 heterocycles. The highest BCUT2D eigenvalue weighted by molar-refractivity contribution is 7.17. The van der Waals surface area contributed by atoms with Crippen LogP contribution in [0.2, 0.25) is 15.1 Å². The van der Waals surface area contributed by atoms with Crippen LogP contribution in [0.5, 0.6) is 0 Å². The van der Waals surface area contributed by atoms with Gasteiger partial charge in [0.2, 0.25) is 0 Å². The Balaban J connectivity index is 2.07. The van der Waals surface area contributed by atoms with Crippen LogP contribution in [0.4, 0.5) is 31.5 Å². The van der Waals surface area contributed by atoms with Crippen LogP contribution >= 0.6 is 46.1 Å². The largest absolute Gasteiger partial charge is 0.477 e. The van der Waals surface area contributed by atoms with Crippen LogP contribution in [0, 0.1) is 0 Å². The summed E-state index contributed by atoms with van der Waals surface area (Å²) in [4.78, 5) is 14.3. The van der Waals surface area contributed by atoms with Crippen LogP contribution in [-0.2, 0) is 11.6 Å². The molecule has 1 aromatic carbocycles. The van der Waals surface area contributed by atoms with E-state index in [4.69, 9.17) is 39.9 Å². The van der Waals surface area contributed by atoms with Gasteiger partial charge in [-0.25, -0.2) is 9.78 Å². The Morgan fingerprint density at radius 1 is 1.13 bits per heavy atom. The van der Waals surface area contributed by atoms with Gasteiger partial charge in [-0.15, -0.1) is 0 Å². The molecule has 164 valence electrons. The van der Waals surface area contributed by atoms with Gasteiger partial charge in [-0.05, 0) is 24.1 Å². The van der Waals surface area contributed by atoms with Crippen LogP contribution in [0.3, 0.4) is 0 Å². The lowest BCUT2D eigenvalue weighted by atomic mass is 9.79. The fourth-order valence-electron chi connectivity index (χ4n) is 3.22. The van der Waals surface area contributed by atoms with Gasteiger partial charge >= 0.3 is 18.3 Å². The Hall–Kier alpha value is -1.43. The molecule has 1 N–H and O–H groups in total. The predicted octanol–water partition coefficient (Wildman–Crippen LogP) is 6.53. The Morgan fingerprint density at radius 2 is 1.70 bits per heavy atom. The van der Waals surface area contributed by atoms with Crippen molar-refractivity contribution in [2.75, 3.05) is 18.0 Å². The van der Waals surface area contributed by atoms with Crippen molar-refractivity contribution in [1.29, 1.82) is 0 Å². The number of aromatic nitrogens is 1. The molecule has 0 radical (unpaired) electrons. The molecule has 0 amide bonds. The molecule has 2 aromatic rings. The van der Waals surface area contributed by atoms with Gasteiger partial charge in [0.25, 0.3) is 0 Å². The van der Waals surface area contributed by atoms with E-state index < -0.39 is 52.4 Å². The van der Waals surface area contributed by atoms with E-state index in [2.05, 4.69) is 4.98 Å². The number of rotatable bonds is 3. The Bertz CT molecular complexity index is 987. The van der Waals surface area contributed by atoms with Gasteiger partial charge < -0.3 is 10.0 Å². The molecule has 1 aliphatic rings. The number of aromatic carboxylic acids is 1. The number of halogens is 9. The number of benzene rings is 1. The Morgan fingerprint density at radius 3 is 2.13 bits per heavy atom. The predicted molar refractivity (Wildman–Crippen MR) is 100 cm³/mol. The minimum atomic E-state index is -5.07. The average Bonchev–Trinajstić information content (AvgIpc) is 3.23. The summed E-state index contributed by atoms with van der Waals surface area (Å²) < 4.78 is 81.6. The van der Waals surface area contributed by atoms with Crippen molar-refractivity contribution in [1.82, 2.24) is 4.98 Å². The maximum absolute atomic E-state index is 14.1. The lowest BCUT2D eigenvalue weighted by Gasteiger charge is -2.32. The van der Waals surface area contributed by atoms with Crippen LogP contribution < -0.4 is 4.90 Å². The molecule has 0 aliphatic carbocycles. The number of carbonyl (C=O) groups is 1. The molecule has 1 atom stereocenters. The van der Waals surface area contributed by atoms with Crippen molar-refractivity contribution in [3.63, 3.8) is 0 Å². The monoisotopic (exact) mass is 512 g/mol. The molecule has 0 spiro atoms. The third-order valence-electron chi connectivity index (χ3n) is 4.70. The minimum absolute atomic E-state index is 0.130. The van der Waals surface area contributed by atoms with E-state index >= 15 is 0 Å². The number of carboxylic acid groups (broad SMARTS) is 1. The van der Waals surface area contributed by atoms with E-state index in [1.54, 1.807) is 0 Å². The van der Waals surface area contributed by atoms with E-state index in [-0.39, 0.29) is 38.5 Å². The van der Waals surface area contributed by atoms with Crippen LogP contribution in [0.15, 0.2) is 12.1 Å². The quantitative estimate of drug-likeness (QED) is 0.375. The molecule has 1 fully saturated rings. The second-order valence-corrected chi connectivity index (χ2v) is 8.65. The normalized spacial score (nSPS) is 20.1. The zero-order valence-corrected chi connectivity index (χ0v) is 17.4. The van der Waals surface area contributed by atoms with Crippen molar-refractivity contribution < 1.29 is 36.2 Å². The molecule has 30 heavy (non-hydrogen) atoms. The van der Waals surface area contributed by atoms with E-state index in [1.807, 2.05) is 0 Å². The third-order valence-corrected chi connectivity index (χ3v) is 7.00. The Labute approximate surface area is 184 Å². The van der Waals surface area contributed by atoms with Crippen molar-refractivity contribution in [2.45, 2.75) is 24.2 Å². The SMILES string of the molecule is O=C(O)c1sc(N2CCC(c3cc(Cl)c(Cl)c(Cl)c3)(C(F)(F)F)C2)nc1C(F)(F)F. The van der Waals surface area contributed by atoms with Crippen molar-refractivity contribution >= 4 is 57.2 Å². The molecule has 1 saturated heterocycles. The van der Waals surface area contributed by atoms with Crippen LogP contribution in [-0.4, -0.2) is 35.3 Å². The van der Waals surface area contributed by atoms with E-state index in [0.29, 0.717) is 0 Å². The molecule has 4 nitrogen and oxygen atoms in total. The molecule has 1 aliphatic heterocycles. The summed E-state index contributed by atoms with van der Waals surface area (Å²) in [6, 6.07) is 2.02. The first-order valence-corrected chi connectivity index (χ1v) is 9.90. The molecule has 1 unspecified atom stereocenters. The van der Waals surface area contributed by atoms with Gasteiger partial charge in [-0.1, -0.05) is 46.1 Å². The highest BCUT2D eigenvalue weighted by atomic mass is 35.5. The van der Waals surface area contributed by atoms with E-state index in [0.717, 1.165) is 17.0 Å². The topological polar surface area (TPSA) is 53.4 Å². The number of thiazole rings is 1. The van der Waals surface area contributed by atoms with Gasteiger partial charge in [-0.3, -0.25) is 0 Å². The summed E-state index contributed by atoms with van der Waals surface area (Å²) in [7, 11) is 0. The van der Waals surface area contributed by atoms with E-state index in [1.165, 1.54) is 0 Å². The van der Waals surface area contributed by atoms with Crippen molar-refractivity contribution in [3.05, 3.63) is 43.3 Å². The lowest BCUT2D eigenvalue weighted by molar-refractivity contribution is -0.184. The zero-order valence-electron chi connectivity index (χ0n) is 14.3. The van der Waals surface area contributed by atoms with Gasteiger partial charge in [0, 0.05) is 13.1 Å². The average molecular weight is 514 g/mol. The first kappa shape index (κ1) is 23.2. The maximum atomic E-state index is 14.1.